The van der Waals surface area contributed by atoms with Crippen molar-refractivity contribution < 1.29 is 9.53 Å². The Bertz CT molecular complexity index is 641. The van der Waals surface area contributed by atoms with E-state index in [9.17, 15) is 4.79 Å². The molecule has 2 N–H and O–H groups in total. The number of hydrogen-bond donors (Lipinski definition) is 2. The van der Waals surface area contributed by atoms with Gasteiger partial charge in [-0.05, 0) is 35.7 Å². The number of para-hydroxylation sites is 1. The van der Waals surface area contributed by atoms with Gasteiger partial charge in [-0.2, -0.15) is 0 Å². The van der Waals surface area contributed by atoms with Crippen LogP contribution in [0.5, 0.6) is 5.75 Å². The number of nitrogens with one attached hydrogen (secondary N) is 2. The molecule has 0 spiro atoms. The molecule has 2 rings (SSSR count). The van der Waals surface area contributed by atoms with Crippen LogP contribution < -0.4 is 15.4 Å². The van der Waals surface area contributed by atoms with E-state index in [0.29, 0.717) is 18.9 Å². The Balaban J connectivity index is 1.87. The molecule has 0 aliphatic rings. The lowest BCUT2D eigenvalue weighted by molar-refractivity contribution is -0.120. The summed E-state index contributed by atoms with van der Waals surface area (Å²) in [6.45, 7) is 4.89. The van der Waals surface area contributed by atoms with Crippen LogP contribution in [-0.4, -0.2) is 25.6 Å². The maximum absolute atomic E-state index is 12.2. The lowest BCUT2D eigenvalue weighted by atomic mass is 10.0. The molecular weight excluding hydrogens is 300 g/mol. The van der Waals surface area contributed by atoms with Gasteiger partial charge in [0.05, 0.1) is 13.5 Å². The van der Waals surface area contributed by atoms with Gasteiger partial charge in [0.1, 0.15) is 5.75 Å². The van der Waals surface area contributed by atoms with Crippen molar-refractivity contribution in [3.05, 3.63) is 60.2 Å². The van der Waals surface area contributed by atoms with E-state index >= 15 is 0 Å². The fraction of sp³-hybridized carbons (Fsp3) is 0.350. The van der Waals surface area contributed by atoms with Crippen LogP contribution in [0.3, 0.4) is 0 Å². The van der Waals surface area contributed by atoms with E-state index in [1.165, 1.54) is 0 Å². The quantitative estimate of drug-likeness (QED) is 0.781. The van der Waals surface area contributed by atoms with Crippen LogP contribution in [0.4, 0.5) is 5.69 Å². The van der Waals surface area contributed by atoms with Gasteiger partial charge in [0.25, 0.3) is 0 Å². The molecule has 2 aromatic rings. The number of hydrogen-bond acceptors (Lipinski definition) is 3. The summed E-state index contributed by atoms with van der Waals surface area (Å²) in [5.74, 6) is 1.19. The predicted molar refractivity (Wildman–Crippen MR) is 98.4 cm³/mol. The Morgan fingerprint density at radius 1 is 1.08 bits per heavy atom. The van der Waals surface area contributed by atoms with Crippen molar-refractivity contribution in [3.63, 3.8) is 0 Å². The van der Waals surface area contributed by atoms with Gasteiger partial charge in [-0.3, -0.25) is 4.79 Å². The van der Waals surface area contributed by atoms with Gasteiger partial charge in [0.15, 0.2) is 0 Å². The Morgan fingerprint density at radius 3 is 2.50 bits per heavy atom. The summed E-state index contributed by atoms with van der Waals surface area (Å²) in [4.78, 5) is 12.2. The molecule has 0 heterocycles. The molecule has 0 aromatic heterocycles. The van der Waals surface area contributed by atoms with Crippen LogP contribution in [0.15, 0.2) is 54.6 Å². The van der Waals surface area contributed by atoms with Crippen LogP contribution in [-0.2, 0) is 11.2 Å². The number of carbonyl (C=O) groups excluding carboxylic acids is 1. The molecule has 0 saturated carbocycles. The van der Waals surface area contributed by atoms with E-state index < -0.39 is 0 Å². The van der Waals surface area contributed by atoms with Crippen molar-refractivity contribution in [2.45, 2.75) is 26.3 Å². The molecule has 0 radical (unpaired) electrons. The second-order valence-corrected chi connectivity index (χ2v) is 6.19. The third-order valence-electron chi connectivity index (χ3n) is 3.95. The van der Waals surface area contributed by atoms with E-state index in [-0.39, 0.29) is 11.9 Å². The van der Waals surface area contributed by atoms with Gasteiger partial charge in [0, 0.05) is 18.3 Å². The van der Waals surface area contributed by atoms with Crippen LogP contribution in [0.2, 0.25) is 0 Å². The second-order valence-electron chi connectivity index (χ2n) is 6.19. The first kappa shape index (κ1) is 17.9. The largest absolute Gasteiger partial charge is 0.497 e. The third kappa shape index (κ3) is 5.61. The minimum absolute atomic E-state index is 0.0174. The van der Waals surface area contributed by atoms with Crippen molar-refractivity contribution in [2.24, 2.45) is 5.92 Å². The Labute approximate surface area is 144 Å². The molecular formula is C20H26N2O2. The van der Waals surface area contributed by atoms with Crippen molar-refractivity contribution in [2.75, 3.05) is 19.0 Å². The highest BCUT2D eigenvalue weighted by Gasteiger charge is 2.14. The normalized spacial score (nSPS) is 11.8. The first-order valence-electron chi connectivity index (χ1n) is 8.29. The van der Waals surface area contributed by atoms with Crippen molar-refractivity contribution in [1.29, 1.82) is 0 Å². The highest BCUT2D eigenvalue weighted by Crippen LogP contribution is 2.14. The maximum atomic E-state index is 12.2. The number of carbonyl (C=O) groups is 1. The van der Waals surface area contributed by atoms with Crippen molar-refractivity contribution in [3.8, 4) is 5.75 Å². The second kappa shape index (κ2) is 8.96. The van der Waals surface area contributed by atoms with Crippen molar-refractivity contribution >= 4 is 11.6 Å². The zero-order valence-electron chi connectivity index (χ0n) is 14.6. The molecule has 2 aromatic carbocycles. The molecule has 4 nitrogen and oxygen atoms in total. The van der Waals surface area contributed by atoms with Gasteiger partial charge in [-0.15, -0.1) is 0 Å². The minimum Gasteiger partial charge on any atom is -0.497 e. The number of amides is 1. The monoisotopic (exact) mass is 326 g/mol. The SMILES string of the molecule is COc1cccc(CC(=O)NCC(Nc2ccccc2)C(C)C)c1. The Hall–Kier alpha value is -2.49. The van der Waals surface area contributed by atoms with Gasteiger partial charge in [-0.1, -0.05) is 44.2 Å². The highest BCUT2D eigenvalue weighted by atomic mass is 16.5. The van der Waals surface area contributed by atoms with Crippen LogP contribution >= 0.6 is 0 Å². The molecule has 0 bridgehead atoms. The molecule has 0 saturated heterocycles. The van der Waals surface area contributed by atoms with Gasteiger partial charge in [0.2, 0.25) is 5.91 Å². The molecule has 1 amide bonds. The van der Waals surface area contributed by atoms with E-state index in [0.717, 1.165) is 17.0 Å². The van der Waals surface area contributed by atoms with Gasteiger partial charge >= 0.3 is 0 Å². The summed E-state index contributed by atoms with van der Waals surface area (Å²) in [6.07, 6.45) is 0.355. The smallest absolute Gasteiger partial charge is 0.224 e. The standard InChI is InChI=1S/C20H26N2O2/c1-15(2)19(22-17-9-5-4-6-10-17)14-21-20(23)13-16-8-7-11-18(12-16)24-3/h4-12,15,19,22H,13-14H2,1-3H3,(H,21,23). The lowest BCUT2D eigenvalue weighted by Gasteiger charge is -2.24. The van der Waals surface area contributed by atoms with E-state index in [2.05, 4.69) is 24.5 Å². The van der Waals surface area contributed by atoms with E-state index in [1.54, 1.807) is 7.11 Å². The average Bonchev–Trinajstić information content (AvgIpc) is 2.59. The van der Waals surface area contributed by atoms with Crippen LogP contribution in [0, 0.1) is 5.92 Å². The topological polar surface area (TPSA) is 50.4 Å². The minimum atomic E-state index is 0.0174. The Morgan fingerprint density at radius 2 is 1.83 bits per heavy atom. The number of benzene rings is 2. The molecule has 4 heteroatoms. The maximum Gasteiger partial charge on any atom is 0.224 e. The first-order chi connectivity index (χ1) is 11.6. The summed E-state index contributed by atoms with van der Waals surface area (Å²) < 4.78 is 5.19. The zero-order valence-corrected chi connectivity index (χ0v) is 14.6. The first-order valence-corrected chi connectivity index (χ1v) is 8.29. The number of ether oxygens (including phenoxy) is 1. The molecule has 128 valence electrons. The molecule has 0 aliphatic carbocycles. The Kier molecular flexibility index (Phi) is 6.67. The third-order valence-corrected chi connectivity index (χ3v) is 3.95. The van der Waals surface area contributed by atoms with E-state index in [1.807, 2.05) is 54.6 Å². The average molecular weight is 326 g/mol. The summed E-state index contributed by atoms with van der Waals surface area (Å²) >= 11 is 0. The molecule has 0 fully saturated rings. The fourth-order valence-corrected chi connectivity index (χ4v) is 2.46. The zero-order chi connectivity index (χ0) is 17.4. The van der Waals surface area contributed by atoms with E-state index in [4.69, 9.17) is 4.74 Å². The lowest BCUT2D eigenvalue weighted by Crippen LogP contribution is -2.40. The number of anilines is 1. The molecule has 24 heavy (non-hydrogen) atoms. The van der Waals surface area contributed by atoms with Crippen molar-refractivity contribution in [1.82, 2.24) is 5.32 Å². The van der Waals surface area contributed by atoms with Gasteiger partial charge < -0.3 is 15.4 Å². The summed E-state index contributed by atoms with van der Waals surface area (Å²) in [5.41, 5.74) is 2.02. The molecule has 0 aliphatic heterocycles. The fourth-order valence-electron chi connectivity index (χ4n) is 2.46. The highest BCUT2D eigenvalue weighted by molar-refractivity contribution is 5.78. The summed E-state index contributed by atoms with van der Waals surface area (Å²) in [7, 11) is 1.63. The van der Waals surface area contributed by atoms with Crippen LogP contribution in [0.25, 0.3) is 0 Å². The summed E-state index contributed by atoms with van der Waals surface area (Å²) in [5, 5.41) is 6.51. The predicted octanol–water partition coefficient (Wildman–Crippen LogP) is 3.49. The number of rotatable bonds is 8. The summed E-state index contributed by atoms with van der Waals surface area (Å²) in [6, 6.07) is 17.8. The molecule has 1 atom stereocenters. The van der Waals surface area contributed by atoms with Gasteiger partial charge in [-0.25, -0.2) is 0 Å². The number of methoxy groups -OCH3 is 1. The molecule has 1 unspecified atom stereocenters. The van der Waals surface area contributed by atoms with Crippen LogP contribution in [0.1, 0.15) is 19.4 Å².